The number of rotatable bonds is 3. The molecule has 0 saturated carbocycles. The van der Waals surface area contributed by atoms with Crippen LogP contribution in [0, 0.1) is 5.82 Å². The average Bonchev–Trinajstić information content (AvgIpc) is 2.85. The van der Waals surface area contributed by atoms with Crippen LogP contribution >= 0.6 is 0 Å². The Balaban J connectivity index is 1.88. The zero-order valence-electron chi connectivity index (χ0n) is 11.2. The molecule has 3 nitrogen and oxygen atoms in total. The molecule has 102 valence electrons. The summed E-state index contributed by atoms with van der Waals surface area (Å²) in [6, 6.07) is 13.0. The second-order valence-corrected chi connectivity index (χ2v) is 4.92. The minimum atomic E-state index is -0.381. The van der Waals surface area contributed by atoms with Crippen molar-refractivity contribution in [2.45, 2.75) is 6.54 Å². The first-order valence-corrected chi connectivity index (χ1v) is 6.46. The molecule has 0 saturated heterocycles. The number of aromatic nitrogens is 1. The van der Waals surface area contributed by atoms with E-state index in [1.807, 2.05) is 42.4 Å². The Morgan fingerprint density at radius 3 is 2.80 bits per heavy atom. The maximum absolute atomic E-state index is 13.5. The van der Waals surface area contributed by atoms with Crippen molar-refractivity contribution in [3.8, 4) is 0 Å². The van der Waals surface area contributed by atoms with E-state index in [1.165, 1.54) is 17.0 Å². The van der Waals surface area contributed by atoms with E-state index in [2.05, 4.69) is 11.1 Å². The van der Waals surface area contributed by atoms with Gasteiger partial charge in [0.15, 0.2) is 0 Å². The van der Waals surface area contributed by atoms with Gasteiger partial charge in [-0.05, 0) is 29.8 Å². The highest BCUT2D eigenvalue weighted by molar-refractivity contribution is 5.83. The molecule has 1 heterocycles. The van der Waals surface area contributed by atoms with Gasteiger partial charge in [-0.15, -0.1) is 0 Å². The molecule has 0 atom stereocenters. The van der Waals surface area contributed by atoms with E-state index in [0.29, 0.717) is 6.54 Å². The molecule has 0 aliphatic carbocycles. The van der Waals surface area contributed by atoms with Gasteiger partial charge in [0.05, 0.1) is 5.69 Å². The van der Waals surface area contributed by atoms with Crippen LogP contribution < -0.4 is 10.6 Å². The zero-order chi connectivity index (χ0) is 14.1. The lowest BCUT2D eigenvalue weighted by Crippen LogP contribution is -2.16. The van der Waals surface area contributed by atoms with Crippen molar-refractivity contribution in [1.29, 1.82) is 0 Å². The first-order valence-electron chi connectivity index (χ1n) is 6.46. The van der Waals surface area contributed by atoms with E-state index in [-0.39, 0.29) is 11.5 Å². The summed E-state index contributed by atoms with van der Waals surface area (Å²) in [5, 5.41) is 1.19. The van der Waals surface area contributed by atoms with Crippen LogP contribution in [0.25, 0.3) is 10.9 Å². The number of nitrogen functional groups attached to an aromatic ring is 1. The van der Waals surface area contributed by atoms with Crippen LogP contribution in [-0.2, 0) is 6.54 Å². The number of hydrogen-bond donors (Lipinski definition) is 2. The number of nitrogens with two attached hydrogens (primary N) is 1. The maximum Gasteiger partial charge on any atom is 0.148 e. The summed E-state index contributed by atoms with van der Waals surface area (Å²) in [5.74, 6) is -0.381. The minimum absolute atomic E-state index is 0.175. The third-order valence-corrected chi connectivity index (χ3v) is 3.51. The average molecular weight is 269 g/mol. The van der Waals surface area contributed by atoms with Crippen LogP contribution in [0.2, 0.25) is 0 Å². The summed E-state index contributed by atoms with van der Waals surface area (Å²) in [4.78, 5) is 5.24. The molecule has 4 heteroatoms. The van der Waals surface area contributed by atoms with Crippen molar-refractivity contribution in [1.82, 2.24) is 4.98 Å². The number of benzene rings is 2. The number of aromatic amines is 1. The van der Waals surface area contributed by atoms with E-state index in [4.69, 9.17) is 5.73 Å². The molecule has 3 rings (SSSR count). The van der Waals surface area contributed by atoms with Gasteiger partial charge in [0.1, 0.15) is 5.82 Å². The standard InChI is InChI=1S/C16H16FN3/c1-20(12-6-7-15(18)14(17)8-12)10-11-9-19-16-5-3-2-4-13(11)16/h2-9,19H,10,18H2,1H3. The van der Waals surface area contributed by atoms with E-state index in [1.54, 1.807) is 6.07 Å². The normalized spacial score (nSPS) is 10.9. The molecule has 0 amide bonds. The van der Waals surface area contributed by atoms with Crippen LogP contribution in [0.4, 0.5) is 15.8 Å². The third-order valence-electron chi connectivity index (χ3n) is 3.51. The molecule has 0 aliphatic heterocycles. The molecular formula is C16H16FN3. The number of nitrogens with one attached hydrogen (secondary N) is 1. The van der Waals surface area contributed by atoms with Crippen molar-refractivity contribution in [3.05, 3.63) is 60.0 Å². The first-order chi connectivity index (χ1) is 9.65. The predicted octanol–water partition coefficient (Wildman–Crippen LogP) is 3.53. The Morgan fingerprint density at radius 2 is 2.00 bits per heavy atom. The second kappa shape index (κ2) is 4.89. The van der Waals surface area contributed by atoms with E-state index in [9.17, 15) is 4.39 Å². The highest BCUT2D eigenvalue weighted by Gasteiger charge is 2.08. The fourth-order valence-corrected chi connectivity index (χ4v) is 2.36. The molecule has 20 heavy (non-hydrogen) atoms. The van der Waals surface area contributed by atoms with E-state index < -0.39 is 0 Å². The number of nitrogens with zero attached hydrogens (tertiary/aromatic N) is 1. The van der Waals surface area contributed by atoms with Crippen LogP contribution in [-0.4, -0.2) is 12.0 Å². The number of fused-ring (bicyclic) bond motifs is 1. The fourth-order valence-electron chi connectivity index (χ4n) is 2.36. The number of H-pyrrole nitrogens is 1. The lowest BCUT2D eigenvalue weighted by molar-refractivity contribution is 0.632. The van der Waals surface area contributed by atoms with Gasteiger partial charge in [-0.25, -0.2) is 4.39 Å². The van der Waals surface area contributed by atoms with Crippen molar-refractivity contribution >= 4 is 22.3 Å². The molecule has 0 bridgehead atoms. The topological polar surface area (TPSA) is 45.0 Å². The van der Waals surface area contributed by atoms with Gasteiger partial charge in [-0.2, -0.15) is 0 Å². The largest absolute Gasteiger partial charge is 0.396 e. The SMILES string of the molecule is CN(Cc1c[nH]c2ccccc12)c1ccc(N)c(F)c1. The van der Waals surface area contributed by atoms with Crippen LogP contribution in [0.15, 0.2) is 48.7 Å². The molecule has 0 aliphatic rings. The lowest BCUT2D eigenvalue weighted by atomic mass is 10.1. The van der Waals surface area contributed by atoms with Crippen LogP contribution in [0.5, 0.6) is 0 Å². The molecule has 1 aromatic heterocycles. The second-order valence-electron chi connectivity index (χ2n) is 4.92. The Hall–Kier alpha value is -2.49. The third kappa shape index (κ3) is 2.20. The first kappa shape index (κ1) is 12.5. The summed E-state index contributed by atoms with van der Waals surface area (Å²) >= 11 is 0. The van der Waals surface area contributed by atoms with Gasteiger partial charge < -0.3 is 15.6 Å². The summed E-state index contributed by atoms with van der Waals surface area (Å²) < 4.78 is 13.5. The van der Waals surface area contributed by atoms with E-state index in [0.717, 1.165) is 11.2 Å². The Morgan fingerprint density at radius 1 is 1.20 bits per heavy atom. The number of para-hydroxylation sites is 1. The van der Waals surface area contributed by atoms with Crippen molar-refractivity contribution in [2.24, 2.45) is 0 Å². The fraction of sp³-hybridized carbons (Fsp3) is 0.125. The van der Waals surface area contributed by atoms with Crippen molar-refractivity contribution in [3.63, 3.8) is 0 Å². The smallest absolute Gasteiger partial charge is 0.148 e. The summed E-state index contributed by atoms with van der Waals surface area (Å²) in [6.07, 6.45) is 1.99. The lowest BCUT2D eigenvalue weighted by Gasteiger charge is -2.19. The molecule has 2 aromatic carbocycles. The van der Waals surface area contributed by atoms with Crippen molar-refractivity contribution in [2.75, 3.05) is 17.7 Å². The van der Waals surface area contributed by atoms with Gasteiger partial charge in [0, 0.05) is 36.4 Å². The minimum Gasteiger partial charge on any atom is -0.396 e. The van der Waals surface area contributed by atoms with E-state index >= 15 is 0 Å². The van der Waals surface area contributed by atoms with Gasteiger partial charge in [0.25, 0.3) is 0 Å². The summed E-state index contributed by atoms with van der Waals surface area (Å²) in [5.41, 5.74) is 8.77. The maximum atomic E-state index is 13.5. The molecule has 0 fully saturated rings. The molecule has 0 radical (unpaired) electrons. The monoisotopic (exact) mass is 269 g/mol. The Bertz CT molecular complexity index is 748. The number of hydrogen-bond acceptors (Lipinski definition) is 2. The van der Waals surface area contributed by atoms with Gasteiger partial charge in [-0.1, -0.05) is 18.2 Å². The molecule has 0 unspecified atom stereocenters. The molecule has 0 spiro atoms. The van der Waals surface area contributed by atoms with Gasteiger partial charge in [-0.3, -0.25) is 0 Å². The summed E-state index contributed by atoms with van der Waals surface area (Å²) in [6.45, 7) is 0.702. The van der Waals surface area contributed by atoms with Crippen LogP contribution in [0.3, 0.4) is 0 Å². The number of halogens is 1. The Labute approximate surface area is 116 Å². The highest BCUT2D eigenvalue weighted by Crippen LogP contribution is 2.23. The van der Waals surface area contributed by atoms with Gasteiger partial charge >= 0.3 is 0 Å². The number of anilines is 2. The predicted molar refractivity (Wildman–Crippen MR) is 81.2 cm³/mol. The molecular weight excluding hydrogens is 253 g/mol. The zero-order valence-corrected chi connectivity index (χ0v) is 11.2. The molecule has 3 N–H and O–H groups in total. The van der Waals surface area contributed by atoms with Gasteiger partial charge in [0.2, 0.25) is 0 Å². The quantitative estimate of drug-likeness (QED) is 0.714. The molecule has 3 aromatic rings. The van der Waals surface area contributed by atoms with Crippen LogP contribution in [0.1, 0.15) is 5.56 Å². The summed E-state index contributed by atoms with van der Waals surface area (Å²) in [7, 11) is 1.94. The Kier molecular flexibility index (Phi) is 3.06. The highest BCUT2D eigenvalue weighted by atomic mass is 19.1. The van der Waals surface area contributed by atoms with Crippen molar-refractivity contribution < 1.29 is 4.39 Å².